The first-order valence-electron chi connectivity index (χ1n) is 13.1. The van der Waals surface area contributed by atoms with Crippen LogP contribution in [0.4, 0.5) is 18.9 Å². The second kappa shape index (κ2) is 9.00. The minimum atomic E-state index is -4.70. The quantitative estimate of drug-likeness (QED) is 0.426. The maximum absolute atomic E-state index is 14.3. The van der Waals surface area contributed by atoms with Crippen LogP contribution in [0.3, 0.4) is 0 Å². The highest BCUT2D eigenvalue weighted by molar-refractivity contribution is 6.06. The second-order valence-corrected chi connectivity index (χ2v) is 11.5. The van der Waals surface area contributed by atoms with E-state index in [1.165, 1.54) is 9.58 Å². The van der Waals surface area contributed by atoms with Crippen LogP contribution in [0.25, 0.3) is 5.69 Å². The average molecular weight is 555 g/mol. The van der Waals surface area contributed by atoms with Crippen LogP contribution in [0.5, 0.6) is 11.5 Å². The van der Waals surface area contributed by atoms with E-state index in [1.54, 1.807) is 75.2 Å². The van der Waals surface area contributed by atoms with E-state index in [4.69, 9.17) is 9.47 Å². The Hall–Kier alpha value is -4.02. The molecule has 6 rings (SSSR count). The standard InChI is InChI=1S/C29H29F3N4O4/c1-28(2,3)27(38)35-18-8-10-20(35)24-21(13-18)36(33-25(24)29(30,31)32)19-7-5-6-16(12-19)26(37)34(4)17-9-11-22-23(14-17)40-15-39-22/h5-7,9,11-12,14,18,20H,8,10,13,15H2,1-4H3/t18-,20+/m1/s1. The van der Waals surface area contributed by atoms with E-state index in [1.807, 2.05) is 0 Å². The van der Waals surface area contributed by atoms with Crippen LogP contribution in [0.1, 0.15) is 67.0 Å². The van der Waals surface area contributed by atoms with Crippen LogP contribution < -0.4 is 14.4 Å². The van der Waals surface area contributed by atoms with Gasteiger partial charge in [-0.15, -0.1) is 0 Å². The van der Waals surface area contributed by atoms with Gasteiger partial charge in [0.15, 0.2) is 17.2 Å². The van der Waals surface area contributed by atoms with Crippen molar-refractivity contribution in [1.29, 1.82) is 0 Å². The number of aromatic nitrogens is 2. The minimum absolute atomic E-state index is 0.0630. The third-order valence-electron chi connectivity index (χ3n) is 7.82. The van der Waals surface area contributed by atoms with Gasteiger partial charge in [-0.05, 0) is 43.2 Å². The van der Waals surface area contributed by atoms with Gasteiger partial charge in [0, 0.05) is 47.8 Å². The fourth-order valence-electron chi connectivity index (χ4n) is 5.89. The lowest BCUT2D eigenvalue weighted by atomic mass is 9.90. The van der Waals surface area contributed by atoms with Gasteiger partial charge in [-0.1, -0.05) is 26.8 Å². The molecule has 0 N–H and O–H groups in total. The summed E-state index contributed by atoms with van der Waals surface area (Å²) in [5, 5.41) is 4.05. The normalized spacial score (nSPS) is 19.5. The molecular formula is C29H29F3N4O4. The van der Waals surface area contributed by atoms with Gasteiger partial charge in [-0.3, -0.25) is 9.59 Å². The molecule has 2 bridgehead atoms. The van der Waals surface area contributed by atoms with Crippen LogP contribution in [0.15, 0.2) is 42.5 Å². The average Bonchev–Trinajstić information content (AvgIpc) is 3.61. The lowest BCUT2D eigenvalue weighted by Gasteiger charge is -2.39. The fraction of sp³-hybridized carbons (Fsp3) is 0.414. The van der Waals surface area contributed by atoms with Gasteiger partial charge in [0.05, 0.1) is 17.4 Å². The molecule has 0 unspecified atom stereocenters. The van der Waals surface area contributed by atoms with Gasteiger partial charge in [-0.2, -0.15) is 18.3 Å². The van der Waals surface area contributed by atoms with E-state index in [9.17, 15) is 22.8 Å². The number of hydrogen-bond donors (Lipinski definition) is 0. The molecule has 3 aliphatic rings. The predicted octanol–water partition coefficient (Wildman–Crippen LogP) is 5.53. The summed E-state index contributed by atoms with van der Waals surface area (Å²) in [6, 6.07) is 10.7. The summed E-state index contributed by atoms with van der Waals surface area (Å²) in [7, 11) is 1.61. The van der Waals surface area contributed by atoms with Crippen molar-refractivity contribution < 1.29 is 32.2 Å². The fourth-order valence-corrected chi connectivity index (χ4v) is 5.89. The van der Waals surface area contributed by atoms with Crippen LogP contribution in [0.2, 0.25) is 0 Å². The number of hydrogen-bond acceptors (Lipinski definition) is 5. The van der Waals surface area contributed by atoms with Crippen molar-refractivity contribution in [1.82, 2.24) is 14.7 Å². The molecule has 2 atom stereocenters. The highest BCUT2D eigenvalue weighted by Gasteiger charge is 2.51. The number of rotatable bonds is 3. The molecule has 4 heterocycles. The van der Waals surface area contributed by atoms with Crippen molar-refractivity contribution in [3.63, 3.8) is 0 Å². The zero-order valence-electron chi connectivity index (χ0n) is 22.6. The van der Waals surface area contributed by atoms with E-state index in [2.05, 4.69) is 5.10 Å². The highest BCUT2D eigenvalue weighted by Crippen LogP contribution is 2.50. The Morgan fingerprint density at radius 2 is 1.77 bits per heavy atom. The molecule has 0 spiro atoms. The lowest BCUT2D eigenvalue weighted by molar-refractivity contribution is -0.147. The van der Waals surface area contributed by atoms with Gasteiger partial charge < -0.3 is 19.3 Å². The Bertz CT molecular complexity index is 1520. The van der Waals surface area contributed by atoms with Gasteiger partial charge in [-0.25, -0.2) is 4.68 Å². The number of anilines is 1. The summed E-state index contributed by atoms with van der Waals surface area (Å²) in [6.45, 7) is 5.45. The highest BCUT2D eigenvalue weighted by atomic mass is 19.4. The van der Waals surface area contributed by atoms with Gasteiger partial charge in [0.1, 0.15) is 0 Å². The maximum atomic E-state index is 14.3. The number of carbonyl (C=O) groups is 2. The summed E-state index contributed by atoms with van der Waals surface area (Å²) in [6.07, 6.45) is -3.37. The Kier molecular flexibility index (Phi) is 5.90. The van der Waals surface area contributed by atoms with Crippen molar-refractivity contribution in [2.45, 2.75) is 58.3 Å². The third-order valence-corrected chi connectivity index (χ3v) is 7.82. The molecule has 2 aromatic carbocycles. The molecule has 8 nitrogen and oxygen atoms in total. The molecule has 11 heteroatoms. The van der Waals surface area contributed by atoms with E-state index < -0.39 is 23.3 Å². The number of amides is 2. The molecule has 1 saturated heterocycles. The van der Waals surface area contributed by atoms with Crippen molar-refractivity contribution >= 4 is 17.5 Å². The first kappa shape index (κ1) is 26.2. The van der Waals surface area contributed by atoms with E-state index in [-0.39, 0.29) is 36.6 Å². The van der Waals surface area contributed by atoms with Crippen molar-refractivity contribution in [2.24, 2.45) is 5.41 Å². The second-order valence-electron chi connectivity index (χ2n) is 11.5. The minimum Gasteiger partial charge on any atom is -0.454 e. The molecule has 1 aromatic heterocycles. The molecule has 1 fully saturated rings. The summed E-state index contributed by atoms with van der Waals surface area (Å²) < 4.78 is 55.0. The molecule has 2 amide bonds. The molecule has 210 valence electrons. The molecule has 3 aliphatic heterocycles. The van der Waals surface area contributed by atoms with Crippen LogP contribution in [-0.4, -0.2) is 46.4 Å². The number of benzene rings is 2. The molecule has 0 aliphatic carbocycles. The van der Waals surface area contributed by atoms with E-state index in [0.29, 0.717) is 47.0 Å². The lowest BCUT2D eigenvalue weighted by Crippen LogP contribution is -2.47. The summed E-state index contributed by atoms with van der Waals surface area (Å²) in [5.74, 6) is 0.611. The van der Waals surface area contributed by atoms with E-state index in [0.717, 1.165) is 0 Å². The zero-order valence-corrected chi connectivity index (χ0v) is 22.6. The van der Waals surface area contributed by atoms with Crippen molar-refractivity contribution in [3.05, 3.63) is 65.0 Å². The Balaban J connectivity index is 1.38. The number of carbonyl (C=O) groups excluding carboxylic acids is 2. The maximum Gasteiger partial charge on any atom is 0.435 e. The van der Waals surface area contributed by atoms with Gasteiger partial charge in [0.2, 0.25) is 12.7 Å². The predicted molar refractivity (Wildman–Crippen MR) is 140 cm³/mol. The summed E-state index contributed by atoms with van der Waals surface area (Å²) in [4.78, 5) is 29.7. The molecular weight excluding hydrogens is 525 g/mol. The molecule has 0 saturated carbocycles. The smallest absolute Gasteiger partial charge is 0.435 e. The van der Waals surface area contributed by atoms with Crippen LogP contribution in [0, 0.1) is 5.41 Å². The first-order chi connectivity index (χ1) is 18.8. The molecule has 40 heavy (non-hydrogen) atoms. The summed E-state index contributed by atoms with van der Waals surface area (Å²) >= 11 is 0. The number of halogens is 3. The van der Waals surface area contributed by atoms with Crippen molar-refractivity contribution in [2.75, 3.05) is 18.7 Å². The third kappa shape index (κ3) is 4.18. The van der Waals surface area contributed by atoms with E-state index >= 15 is 0 Å². The van der Waals surface area contributed by atoms with Gasteiger partial charge >= 0.3 is 6.18 Å². The molecule has 3 aromatic rings. The monoisotopic (exact) mass is 554 g/mol. The number of fused-ring (bicyclic) bond motifs is 5. The summed E-state index contributed by atoms with van der Waals surface area (Å²) in [5.41, 5.74) is 0.0280. The topological polar surface area (TPSA) is 76.9 Å². The van der Waals surface area contributed by atoms with Crippen molar-refractivity contribution in [3.8, 4) is 17.2 Å². The Morgan fingerprint density at radius 1 is 1.02 bits per heavy atom. The number of alkyl halides is 3. The Morgan fingerprint density at radius 3 is 2.50 bits per heavy atom. The largest absolute Gasteiger partial charge is 0.454 e. The molecule has 0 radical (unpaired) electrons. The van der Waals surface area contributed by atoms with Crippen LogP contribution >= 0.6 is 0 Å². The van der Waals surface area contributed by atoms with Gasteiger partial charge in [0.25, 0.3) is 5.91 Å². The number of nitrogens with zero attached hydrogens (tertiary/aromatic N) is 4. The SMILES string of the molecule is CN(C(=O)c1cccc(-n2nc(C(F)(F)F)c3c2C[C@H]2CC[C@@H]3N2C(=O)C(C)(C)C)c1)c1ccc2c(c1)OCO2. The first-order valence-corrected chi connectivity index (χ1v) is 13.1. The zero-order chi connectivity index (χ0) is 28.6. The van der Waals surface area contributed by atoms with Crippen LogP contribution in [-0.2, 0) is 17.4 Å². The number of ether oxygens (including phenoxy) is 2. The Labute approximate surface area is 229 Å².